The van der Waals surface area contributed by atoms with E-state index in [-0.39, 0.29) is 24.8 Å². The third kappa shape index (κ3) is 5.37. The van der Waals surface area contributed by atoms with E-state index in [4.69, 9.17) is 4.74 Å². The van der Waals surface area contributed by atoms with Gasteiger partial charge in [-0.3, -0.25) is 4.79 Å². The van der Waals surface area contributed by atoms with Crippen LogP contribution in [0, 0.1) is 26.6 Å². The van der Waals surface area contributed by atoms with Crippen molar-refractivity contribution in [3.8, 4) is 5.75 Å². The first-order chi connectivity index (χ1) is 11.5. The Balaban J connectivity index is 1.71. The number of aryl methyl sites for hydroxylation is 3. The SMILES string of the molecule is Cc1cc(C)c(CCNC(=O)CCOc2ccc(F)cc2)c(C)c1. The van der Waals surface area contributed by atoms with E-state index in [1.807, 2.05) is 0 Å². The van der Waals surface area contributed by atoms with Crippen LogP contribution < -0.4 is 10.1 Å². The van der Waals surface area contributed by atoms with Gasteiger partial charge in [0, 0.05) is 6.54 Å². The molecule has 2 rings (SSSR count). The van der Waals surface area contributed by atoms with Crippen LogP contribution in [0.4, 0.5) is 4.39 Å². The van der Waals surface area contributed by atoms with Crippen LogP contribution in [0.5, 0.6) is 5.75 Å². The summed E-state index contributed by atoms with van der Waals surface area (Å²) in [4.78, 5) is 11.9. The number of rotatable bonds is 7. The fraction of sp³-hybridized carbons (Fsp3) is 0.350. The molecule has 2 aromatic carbocycles. The molecule has 128 valence electrons. The second-order valence-electron chi connectivity index (χ2n) is 6.03. The molecule has 0 aliphatic heterocycles. The summed E-state index contributed by atoms with van der Waals surface area (Å²) in [7, 11) is 0. The van der Waals surface area contributed by atoms with Crippen molar-refractivity contribution in [2.45, 2.75) is 33.6 Å². The van der Waals surface area contributed by atoms with Gasteiger partial charge in [0.2, 0.25) is 5.91 Å². The van der Waals surface area contributed by atoms with Crippen LogP contribution in [0.1, 0.15) is 28.7 Å². The van der Waals surface area contributed by atoms with Gasteiger partial charge in [-0.15, -0.1) is 0 Å². The number of hydrogen-bond donors (Lipinski definition) is 1. The maximum atomic E-state index is 12.8. The first-order valence-corrected chi connectivity index (χ1v) is 8.17. The highest BCUT2D eigenvalue weighted by atomic mass is 19.1. The minimum Gasteiger partial charge on any atom is -0.493 e. The molecule has 0 fully saturated rings. The summed E-state index contributed by atoms with van der Waals surface area (Å²) < 4.78 is 18.2. The van der Waals surface area contributed by atoms with E-state index in [0.717, 1.165) is 6.42 Å². The molecule has 0 spiro atoms. The lowest BCUT2D eigenvalue weighted by molar-refractivity contribution is -0.121. The number of ether oxygens (including phenoxy) is 1. The highest BCUT2D eigenvalue weighted by molar-refractivity contribution is 5.76. The quantitative estimate of drug-likeness (QED) is 0.837. The number of hydrogen-bond acceptors (Lipinski definition) is 2. The summed E-state index contributed by atoms with van der Waals surface area (Å²) in [5, 5.41) is 2.92. The first kappa shape index (κ1) is 18.0. The van der Waals surface area contributed by atoms with Crippen molar-refractivity contribution in [1.29, 1.82) is 0 Å². The van der Waals surface area contributed by atoms with E-state index < -0.39 is 0 Å². The van der Waals surface area contributed by atoms with Gasteiger partial charge in [0.05, 0.1) is 13.0 Å². The van der Waals surface area contributed by atoms with Crippen LogP contribution in [0.2, 0.25) is 0 Å². The third-order valence-electron chi connectivity index (χ3n) is 3.95. The van der Waals surface area contributed by atoms with Crippen LogP contribution in [0.25, 0.3) is 0 Å². The number of carbonyl (C=O) groups is 1. The Kier molecular flexibility index (Phi) is 6.36. The summed E-state index contributed by atoms with van der Waals surface area (Å²) in [6.45, 7) is 7.19. The Morgan fingerprint density at radius 2 is 1.71 bits per heavy atom. The molecule has 0 aromatic heterocycles. The molecule has 0 atom stereocenters. The molecule has 1 N–H and O–H groups in total. The summed E-state index contributed by atoms with van der Waals surface area (Å²) in [6, 6.07) is 10.1. The average molecular weight is 329 g/mol. The lowest BCUT2D eigenvalue weighted by Gasteiger charge is -2.12. The van der Waals surface area contributed by atoms with Gasteiger partial charge < -0.3 is 10.1 Å². The molecule has 2 aromatic rings. The van der Waals surface area contributed by atoms with Gasteiger partial charge in [-0.1, -0.05) is 17.7 Å². The van der Waals surface area contributed by atoms with Gasteiger partial charge in [0.15, 0.2) is 0 Å². The van der Waals surface area contributed by atoms with Crippen LogP contribution in [0.15, 0.2) is 36.4 Å². The maximum absolute atomic E-state index is 12.8. The van der Waals surface area contributed by atoms with Gasteiger partial charge in [-0.2, -0.15) is 0 Å². The fourth-order valence-electron chi connectivity index (χ4n) is 2.81. The van der Waals surface area contributed by atoms with Crippen molar-refractivity contribution in [3.63, 3.8) is 0 Å². The van der Waals surface area contributed by atoms with Gasteiger partial charge >= 0.3 is 0 Å². The van der Waals surface area contributed by atoms with Crippen molar-refractivity contribution in [2.75, 3.05) is 13.2 Å². The van der Waals surface area contributed by atoms with Crippen molar-refractivity contribution in [2.24, 2.45) is 0 Å². The molecule has 0 aliphatic rings. The van der Waals surface area contributed by atoms with Crippen LogP contribution in [0.3, 0.4) is 0 Å². The Bertz CT molecular complexity index is 672. The summed E-state index contributed by atoms with van der Waals surface area (Å²) in [5.41, 5.74) is 5.09. The third-order valence-corrected chi connectivity index (χ3v) is 3.95. The Morgan fingerprint density at radius 3 is 2.33 bits per heavy atom. The number of amides is 1. The molecule has 24 heavy (non-hydrogen) atoms. The van der Waals surface area contributed by atoms with Crippen LogP contribution in [-0.2, 0) is 11.2 Å². The molecule has 0 heterocycles. The molecular weight excluding hydrogens is 305 g/mol. The molecule has 3 nitrogen and oxygen atoms in total. The molecule has 0 saturated carbocycles. The highest BCUT2D eigenvalue weighted by Crippen LogP contribution is 2.16. The van der Waals surface area contributed by atoms with Gasteiger partial charge in [-0.05, 0) is 68.1 Å². The van der Waals surface area contributed by atoms with Crippen molar-refractivity contribution >= 4 is 5.91 Å². The monoisotopic (exact) mass is 329 g/mol. The Labute approximate surface area is 142 Å². The van der Waals surface area contributed by atoms with E-state index in [1.165, 1.54) is 34.4 Å². The Morgan fingerprint density at radius 1 is 1.08 bits per heavy atom. The maximum Gasteiger partial charge on any atom is 0.223 e. The zero-order valence-electron chi connectivity index (χ0n) is 14.5. The minimum atomic E-state index is -0.304. The minimum absolute atomic E-state index is 0.0421. The molecule has 4 heteroatoms. The van der Waals surface area contributed by atoms with Crippen LogP contribution in [-0.4, -0.2) is 19.1 Å². The standard InChI is InChI=1S/C20H24FNO2/c1-14-12-15(2)19(16(3)13-14)8-10-22-20(23)9-11-24-18-6-4-17(21)5-7-18/h4-7,12-13H,8-11H2,1-3H3,(H,22,23). The van der Waals surface area contributed by atoms with E-state index in [2.05, 4.69) is 38.2 Å². The van der Waals surface area contributed by atoms with Crippen LogP contribution >= 0.6 is 0 Å². The predicted molar refractivity (Wildman–Crippen MR) is 93.9 cm³/mol. The zero-order chi connectivity index (χ0) is 17.5. The second kappa shape index (κ2) is 8.48. The largest absolute Gasteiger partial charge is 0.493 e. The number of carbonyl (C=O) groups excluding carboxylic acids is 1. The summed E-state index contributed by atoms with van der Waals surface area (Å²) in [6.07, 6.45) is 1.10. The highest BCUT2D eigenvalue weighted by Gasteiger charge is 2.06. The molecule has 0 bridgehead atoms. The fourth-order valence-corrected chi connectivity index (χ4v) is 2.81. The number of nitrogens with one attached hydrogen (secondary N) is 1. The molecular formula is C20H24FNO2. The lowest BCUT2D eigenvalue weighted by atomic mass is 9.97. The number of halogens is 1. The lowest BCUT2D eigenvalue weighted by Crippen LogP contribution is -2.27. The number of benzene rings is 2. The molecule has 1 amide bonds. The first-order valence-electron chi connectivity index (χ1n) is 8.17. The van der Waals surface area contributed by atoms with Gasteiger partial charge in [-0.25, -0.2) is 4.39 Å². The van der Waals surface area contributed by atoms with E-state index in [1.54, 1.807) is 12.1 Å². The summed E-state index contributed by atoms with van der Waals surface area (Å²) >= 11 is 0. The van der Waals surface area contributed by atoms with E-state index in [9.17, 15) is 9.18 Å². The van der Waals surface area contributed by atoms with Crippen molar-refractivity contribution < 1.29 is 13.9 Å². The second-order valence-corrected chi connectivity index (χ2v) is 6.03. The average Bonchev–Trinajstić information content (AvgIpc) is 2.52. The van der Waals surface area contributed by atoms with E-state index >= 15 is 0 Å². The van der Waals surface area contributed by atoms with Gasteiger partial charge in [0.1, 0.15) is 11.6 Å². The van der Waals surface area contributed by atoms with Crippen molar-refractivity contribution in [3.05, 3.63) is 64.5 Å². The van der Waals surface area contributed by atoms with Crippen molar-refractivity contribution in [1.82, 2.24) is 5.32 Å². The van der Waals surface area contributed by atoms with Gasteiger partial charge in [0.25, 0.3) is 0 Å². The molecule has 0 aliphatic carbocycles. The van der Waals surface area contributed by atoms with E-state index in [0.29, 0.717) is 12.3 Å². The molecule has 0 unspecified atom stereocenters. The predicted octanol–water partition coefficient (Wildman–Crippen LogP) is 3.88. The zero-order valence-corrected chi connectivity index (χ0v) is 14.5. The normalized spacial score (nSPS) is 10.5. The molecule has 0 saturated heterocycles. The molecule has 0 radical (unpaired) electrons. The summed E-state index contributed by atoms with van der Waals surface area (Å²) in [5.74, 6) is 0.219. The Hall–Kier alpha value is -2.36. The topological polar surface area (TPSA) is 38.3 Å². The smallest absolute Gasteiger partial charge is 0.223 e.